The zero-order valence-corrected chi connectivity index (χ0v) is 10.0. The van der Waals surface area contributed by atoms with Crippen molar-refractivity contribution in [2.45, 2.75) is 26.2 Å². The second-order valence-electron chi connectivity index (χ2n) is 3.80. The van der Waals surface area contributed by atoms with E-state index < -0.39 is 0 Å². The molecule has 0 aromatic heterocycles. The maximum atomic E-state index is 7.59. The second-order valence-corrected chi connectivity index (χ2v) is 3.80. The van der Waals surface area contributed by atoms with E-state index in [2.05, 4.69) is 17.6 Å². The van der Waals surface area contributed by atoms with Gasteiger partial charge in [-0.25, -0.2) is 0 Å². The van der Waals surface area contributed by atoms with Crippen LogP contribution in [0.3, 0.4) is 0 Å². The Morgan fingerprint density at radius 3 is 2.65 bits per heavy atom. The molecule has 5 heteroatoms. The third-order valence-corrected chi connectivity index (χ3v) is 2.34. The Labute approximate surface area is 101 Å². The lowest BCUT2D eigenvalue weighted by Crippen LogP contribution is -2.39. The Morgan fingerprint density at radius 1 is 1.29 bits per heavy atom. The molecule has 0 atom stereocenters. The SMILES string of the molecule is CCCCc1ccccc1NC(=N)NC(=N)N. The Hall–Kier alpha value is -2.04. The monoisotopic (exact) mass is 233 g/mol. The average Bonchev–Trinajstić information content (AvgIpc) is 2.26. The number of guanidine groups is 2. The van der Waals surface area contributed by atoms with Crippen LogP contribution in [0.1, 0.15) is 25.3 Å². The lowest BCUT2D eigenvalue weighted by Gasteiger charge is -2.12. The van der Waals surface area contributed by atoms with Gasteiger partial charge < -0.3 is 11.1 Å². The minimum atomic E-state index is -0.242. The van der Waals surface area contributed by atoms with Crippen molar-refractivity contribution in [2.24, 2.45) is 5.73 Å². The molecule has 0 saturated heterocycles. The summed E-state index contributed by atoms with van der Waals surface area (Å²) in [7, 11) is 0. The molecular weight excluding hydrogens is 214 g/mol. The van der Waals surface area contributed by atoms with Crippen LogP contribution in [0.2, 0.25) is 0 Å². The van der Waals surface area contributed by atoms with E-state index in [0.29, 0.717) is 0 Å². The van der Waals surface area contributed by atoms with Crippen LogP contribution >= 0.6 is 0 Å². The first-order chi connectivity index (χ1) is 8.13. The van der Waals surface area contributed by atoms with Crippen molar-refractivity contribution in [3.8, 4) is 0 Å². The molecule has 1 aromatic carbocycles. The number of unbranched alkanes of at least 4 members (excludes halogenated alkanes) is 1. The maximum absolute atomic E-state index is 7.59. The van der Waals surface area contributed by atoms with Gasteiger partial charge in [0.15, 0.2) is 11.9 Å². The Morgan fingerprint density at radius 2 is 2.00 bits per heavy atom. The highest BCUT2D eigenvalue weighted by Crippen LogP contribution is 2.17. The smallest absolute Gasteiger partial charge is 0.199 e. The van der Waals surface area contributed by atoms with Gasteiger partial charge in [-0.1, -0.05) is 31.5 Å². The van der Waals surface area contributed by atoms with Gasteiger partial charge in [-0.15, -0.1) is 0 Å². The fourth-order valence-electron chi connectivity index (χ4n) is 1.53. The Kier molecular flexibility index (Phi) is 5.00. The highest BCUT2D eigenvalue weighted by Gasteiger charge is 2.03. The number of aryl methyl sites for hydroxylation is 1. The summed E-state index contributed by atoms with van der Waals surface area (Å²) < 4.78 is 0. The predicted molar refractivity (Wildman–Crippen MR) is 71.5 cm³/mol. The third-order valence-electron chi connectivity index (χ3n) is 2.34. The first-order valence-electron chi connectivity index (χ1n) is 5.68. The molecule has 17 heavy (non-hydrogen) atoms. The van der Waals surface area contributed by atoms with Gasteiger partial charge in [-0.3, -0.25) is 16.1 Å². The second kappa shape index (κ2) is 6.52. The molecule has 92 valence electrons. The molecule has 0 heterocycles. The molecule has 0 radical (unpaired) electrons. The number of benzene rings is 1. The standard InChI is InChI=1S/C12H19N5/c1-2-3-6-9-7-4-5-8-10(9)16-12(15)17-11(13)14/h4-5,7-8H,2-3,6H2,1H3,(H6,13,14,15,16,17). The van der Waals surface area contributed by atoms with E-state index >= 15 is 0 Å². The van der Waals surface area contributed by atoms with E-state index in [1.54, 1.807) is 0 Å². The summed E-state index contributed by atoms with van der Waals surface area (Å²) in [5.41, 5.74) is 7.22. The topological polar surface area (TPSA) is 97.8 Å². The number of para-hydroxylation sites is 1. The van der Waals surface area contributed by atoms with Gasteiger partial charge in [0, 0.05) is 5.69 Å². The van der Waals surface area contributed by atoms with Crippen LogP contribution in [0.15, 0.2) is 24.3 Å². The highest BCUT2D eigenvalue weighted by atomic mass is 15.2. The third kappa shape index (κ3) is 4.55. The van der Waals surface area contributed by atoms with Crippen molar-refractivity contribution in [2.75, 3.05) is 5.32 Å². The number of rotatable bonds is 4. The van der Waals surface area contributed by atoms with Gasteiger partial charge in [0.05, 0.1) is 0 Å². The molecular formula is C12H19N5. The van der Waals surface area contributed by atoms with Gasteiger partial charge >= 0.3 is 0 Å². The molecule has 0 fully saturated rings. The molecule has 0 unspecified atom stereocenters. The largest absolute Gasteiger partial charge is 0.370 e. The molecule has 6 N–H and O–H groups in total. The fourth-order valence-corrected chi connectivity index (χ4v) is 1.53. The minimum Gasteiger partial charge on any atom is -0.370 e. The summed E-state index contributed by atoms with van der Waals surface area (Å²) >= 11 is 0. The van der Waals surface area contributed by atoms with E-state index in [4.69, 9.17) is 16.6 Å². The van der Waals surface area contributed by atoms with Crippen LogP contribution in [-0.4, -0.2) is 11.9 Å². The molecule has 0 aliphatic carbocycles. The molecule has 0 amide bonds. The van der Waals surface area contributed by atoms with Gasteiger partial charge in [0.2, 0.25) is 0 Å². The first kappa shape index (κ1) is 13.0. The lowest BCUT2D eigenvalue weighted by molar-refractivity contribution is 0.796. The van der Waals surface area contributed by atoms with Gasteiger partial charge in [-0.05, 0) is 24.5 Å². The lowest BCUT2D eigenvalue weighted by atomic mass is 10.1. The van der Waals surface area contributed by atoms with Crippen molar-refractivity contribution in [3.63, 3.8) is 0 Å². The summed E-state index contributed by atoms with van der Waals surface area (Å²) in [6.45, 7) is 2.15. The number of nitrogens with one attached hydrogen (secondary N) is 4. The average molecular weight is 233 g/mol. The summed E-state index contributed by atoms with van der Waals surface area (Å²) in [5, 5.41) is 19.9. The molecule has 0 aliphatic heterocycles. The van der Waals surface area contributed by atoms with Crippen molar-refractivity contribution >= 4 is 17.6 Å². The van der Waals surface area contributed by atoms with E-state index in [9.17, 15) is 0 Å². The molecule has 0 bridgehead atoms. The Balaban J connectivity index is 2.69. The summed E-state index contributed by atoms with van der Waals surface area (Å²) in [4.78, 5) is 0. The van der Waals surface area contributed by atoms with E-state index in [0.717, 1.165) is 24.9 Å². The fraction of sp³-hybridized carbons (Fsp3) is 0.333. The zero-order chi connectivity index (χ0) is 12.7. The molecule has 5 nitrogen and oxygen atoms in total. The predicted octanol–water partition coefficient (Wildman–Crippen LogP) is 1.86. The number of anilines is 1. The van der Waals surface area contributed by atoms with Crippen LogP contribution in [0.5, 0.6) is 0 Å². The van der Waals surface area contributed by atoms with Crippen LogP contribution in [0.25, 0.3) is 0 Å². The number of hydrogen-bond acceptors (Lipinski definition) is 2. The van der Waals surface area contributed by atoms with Crippen LogP contribution in [-0.2, 0) is 6.42 Å². The van der Waals surface area contributed by atoms with Gasteiger partial charge in [0.25, 0.3) is 0 Å². The zero-order valence-electron chi connectivity index (χ0n) is 10.0. The van der Waals surface area contributed by atoms with Crippen LogP contribution in [0.4, 0.5) is 5.69 Å². The van der Waals surface area contributed by atoms with Crippen molar-refractivity contribution in [3.05, 3.63) is 29.8 Å². The number of nitrogens with two attached hydrogens (primary N) is 1. The molecule has 1 rings (SSSR count). The molecule has 0 saturated carbocycles. The summed E-state index contributed by atoms with van der Waals surface area (Å²) in [5.74, 6) is -0.227. The molecule has 1 aromatic rings. The van der Waals surface area contributed by atoms with Crippen LogP contribution in [0, 0.1) is 10.8 Å². The van der Waals surface area contributed by atoms with Gasteiger partial charge in [0.1, 0.15) is 0 Å². The Bertz CT molecular complexity index is 400. The minimum absolute atomic E-state index is 0.0152. The normalized spacial score (nSPS) is 9.71. The van der Waals surface area contributed by atoms with Gasteiger partial charge in [-0.2, -0.15) is 0 Å². The quantitative estimate of drug-likeness (QED) is 0.405. The highest BCUT2D eigenvalue weighted by molar-refractivity contribution is 6.02. The summed E-state index contributed by atoms with van der Waals surface area (Å²) in [6, 6.07) is 7.86. The van der Waals surface area contributed by atoms with Crippen molar-refractivity contribution in [1.29, 1.82) is 10.8 Å². The molecule has 0 aliphatic rings. The summed E-state index contributed by atoms with van der Waals surface area (Å²) in [6.07, 6.45) is 3.23. The number of hydrogen-bond donors (Lipinski definition) is 5. The van der Waals surface area contributed by atoms with E-state index in [1.165, 1.54) is 5.56 Å². The van der Waals surface area contributed by atoms with E-state index in [1.807, 2.05) is 24.3 Å². The first-order valence-corrected chi connectivity index (χ1v) is 5.68. The maximum Gasteiger partial charge on any atom is 0.199 e. The van der Waals surface area contributed by atoms with Crippen LogP contribution < -0.4 is 16.4 Å². The van der Waals surface area contributed by atoms with Crippen molar-refractivity contribution in [1.82, 2.24) is 5.32 Å². The van der Waals surface area contributed by atoms with E-state index in [-0.39, 0.29) is 11.9 Å². The van der Waals surface area contributed by atoms with Crippen molar-refractivity contribution < 1.29 is 0 Å². The molecule has 0 spiro atoms.